The first kappa shape index (κ1) is 11.7. The molecule has 17 heavy (non-hydrogen) atoms. The quantitative estimate of drug-likeness (QED) is 0.794. The van der Waals surface area contributed by atoms with Crippen LogP contribution < -0.4 is 15.0 Å². The van der Waals surface area contributed by atoms with Crippen LogP contribution in [0.5, 0.6) is 5.75 Å². The number of methoxy groups -OCH3 is 1. The predicted molar refractivity (Wildman–Crippen MR) is 63.4 cm³/mol. The molecule has 5 nitrogen and oxygen atoms in total. The third-order valence-corrected chi connectivity index (χ3v) is 2.66. The van der Waals surface area contributed by atoms with Crippen molar-refractivity contribution < 1.29 is 14.3 Å². The number of anilines is 1. The van der Waals surface area contributed by atoms with Gasteiger partial charge in [-0.3, -0.25) is 14.9 Å². The van der Waals surface area contributed by atoms with Crippen molar-refractivity contribution in [1.29, 1.82) is 0 Å². The molecule has 0 aliphatic carbocycles. The molecule has 2 rings (SSSR count). The number of rotatable bonds is 2. The molecule has 1 aromatic carbocycles. The Morgan fingerprint density at radius 1 is 1.29 bits per heavy atom. The fourth-order valence-electron chi connectivity index (χ4n) is 1.72. The first-order valence-corrected chi connectivity index (χ1v) is 5.39. The smallest absolute Gasteiger partial charge is 0.246 e. The highest BCUT2D eigenvalue weighted by Gasteiger charge is 2.24. The highest BCUT2D eigenvalue weighted by Crippen LogP contribution is 2.31. The molecule has 1 saturated heterocycles. The van der Waals surface area contributed by atoms with E-state index in [-0.39, 0.29) is 24.9 Å². The third kappa shape index (κ3) is 2.50. The zero-order valence-corrected chi connectivity index (χ0v) is 9.95. The SMILES string of the molecule is COc1ccc(Cl)cc1N1CC(=O)NC(=O)C1. The summed E-state index contributed by atoms with van der Waals surface area (Å²) in [4.78, 5) is 24.2. The van der Waals surface area contributed by atoms with Gasteiger partial charge < -0.3 is 9.64 Å². The van der Waals surface area contributed by atoms with Crippen LogP contribution in [0.25, 0.3) is 0 Å². The van der Waals surface area contributed by atoms with Gasteiger partial charge in [-0.05, 0) is 18.2 Å². The van der Waals surface area contributed by atoms with Crippen LogP contribution in [0, 0.1) is 0 Å². The van der Waals surface area contributed by atoms with E-state index in [1.165, 1.54) is 7.11 Å². The van der Waals surface area contributed by atoms with Crippen LogP contribution in [0.4, 0.5) is 5.69 Å². The molecule has 0 saturated carbocycles. The van der Waals surface area contributed by atoms with Gasteiger partial charge in [0.15, 0.2) is 0 Å². The molecule has 0 bridgehead atoms. The Bertz CT molecular complexity index is 460. The first-order valence-electron chi connectivity index (χ1n) is 5.01. The minimum atomic E-state index is -0.330. The second kappa shape index (κ2) is 4.63. The summed E-state index contributed by atoms with van der Waals surface area (Å²) in [7, 11) is 1.53. The van der Waals surface area contributed by atoms with Crippen LogP contribution in [0.3, 0.4) is 0 Å². The molecule has 0 spiro atoms. The van der Waals surface area contributed by atoms with Gasteiger partial charge in [0.25, 0.3) is 0 Å². The Labute approximate surface area is 103 Å². The number of nitrogens with one attached hydrogen (secondary N) is 1. The van der Waals surface area contributed by atoms with Gasteiger partial charge in [-0.2, -0.15) is 0 Å². The second-order valence-corrected chi connectivity index (χ2v) is 4.08. The Morgan fingerprint density at radius 2 is 1.94 bits per heavy atom. The molecule has 1 aromatic rings. The maximum absolute atomic E-state index is 11.3. The van der Waals surface area contributed by atoms with E-state index in [9.17, 15) is 9.59 Å². The molecule has 1 heterocycles. The molecule has 1 aliphatic rings. The summed E-state index contributed by atoms with van der Waals surface area (Å²) in [5.41, 5.74) is 0.642. The number of hydrogen-bond donors (Lipinski definition) is 1. The minimum absolute atomic E-state index is 0.114. The molecule has 0 unspecified atom stereocenters. The first-order chi connectivity index (χ1) is 8.10. The lowest BCUT2D eigenvalue weighted by atomic mass is 10.2. The van der Waals surface area contributed by atoms with E-state index < -0.39 is 0 Å². The lowest BCUT2D eigenvalue weighted by molar-refractivity contribution is -0.130. The lowest BCUT2D eigenvalue weighted by Crippen LogP contribution is -2.51. The van der Waals surface area contributed by atoms with Gasteiger partial charge in [0.05, 0.1) is 25.9 Å². The normalized spacial score (nSPS) is 15.8. The summed E-state index contributed by atoms with van der Waals surface area (Å²) < 4.78 is 5.18. The summed E-state index contributed by atoms with van der Waals surface area (Å²) >= 11 is 5.90. The average Bonchev–Trinajstić information content (AvgIpc) is 2.27. The summed E-state index contributed by atoms with van der Waals surface area (Å²) in [6, 6.07) is 5.07. The van der Waals surface area contributed by atoms with Crippen molar-refractivity contribution in [3.63, 3.8) is 0 Å². The van der Waals surface area contributed by atoms with Gasteiger partial charge >= 0.3 is 0 Å². The number of hydrogen-bond acceptors (Lipinski definition) is 4. The fraction of sp³-hybridized carbons (Fsp3) is 0.273. The van der Waals surface area contributed by atoms with Gasteiger partial charge in [-0.15, -0.1) is 0 Å². The monoisotopic (exact) mass is 254 g/mol. The zero-order valence-electron chi connectivity index (χ0n) is 9.20. The Balaban J connectivity index is 2.35. The van der Waals surface area contributed by atoms with Crippen molar-refractivity contribution in [2.45, 2.75) is 0 Å². The molecule has 1 aliphatic heterocycles. The van der Waals surface area contributed by atoms with Crippen LogP contribution in [0.15, 0.2) is 18.2 Å². The van der Waals surface area contributed by atoms with Crippen molar-refractivity contribution in [1.82, 2.24) is 5.32 Å². The molecule has 0 atom stereocenters. The summed E-state index contributed by atoms with van der Waals surface area (Å²) in [5, 5.41) is 2.76. The largest absolute Gasteiger partial charge is 0.495 e. The van der Waals surface area contributed by atoms with Crippen LogP contribution in [-0.2, 0) is 9.59 Å². The molecule has 1 N–H and O–H groups in total. The van der Waals surface area contributed by atoms with E-state index in [0.29, 0.717) is 16.5 Å². The van der Waals surface area contributed by atoms with Crippen molar-refractivity contribution in [2.24, 2.45) is 0 Å². The summed E-state index contributed by atoms with van der Waals surface area (Å²) in [6.07, 6.45) is 0. The number of ether oxygens (including phenoxy) is 1. The van der Waals surface area contributed by atoms with Crippen molar-refractivity contribution in [3.8, 4) is 5.75 Å². The Hall–Kier alpha value is -1.75. The third-order valence-electron chi connectivity index (χ3n) is 2.43. The van der Waals surface area contributed by atoms with Gasteiger partial charge in [0.1, 0.15) is 5.75 Å². The number of halogens is 1. The second-order valence-electron chi connectivity index (χ2n) is 3.64. The van der Waals surface area contributed by atoms with Crippen LogP contribution in [-0.4, -0.2) is 32.0 Å². The number of piperazine rings is 1. The Kier molecular flexibility index (Phi) is 3.19. The van der Waals surface area contributed by atoms with E-state index in [0.717, 1.165) is 0 Å². The number of imide groups is 1. The van der Waals surface area contributed by atoms with Crippen LogP contribution >= 0.6 is 11.6 Å². The van der Waals surface area contributed by atoms with Crippen LogP contribution in [0.2, 0.25) is 5.02 Å². The van der Waals surface area contributed by atoms with E-state index in [1.54, 1.807) is 23.1 Å². The molecule has 0 aromatic heterocycles. The molecule has 90 valence electrons. The molecular weight excluding hydrogens is 244 g/mol. The summed E-state index contributed by atoms with van der Waals surface area (Å²) in [5.74, 6) is -0.0801. The van der Waals surface area contributed by atoms with E-state index >= 15 is 0 Å². The van der Waals surface area contributed by atoms with E-state index in [4.69, 9.17) is 16.3 Å². The van der Waals surface area contributed by atoms with Gasteiger partial charge in [0.2, 0.25) is 11.8 Å². The number of carbonyl (C=O) groups is 2. The number of benzene rings is 1. The molecule has 0 radical (unpaired) electrons. The fourth-order valence-corrected chi connectivity index (χ4v) is 1.88. The standard InChI is InChI=1S/C11H11ClN2O3/c1-17-9-3-2-7(12)4-8(9)14-5-10(15)13-11(16)6-14/h2-4H,5-6H2,1H3,(H,13,15,16). The van der Waals surface area contributed by atoms with Gasteiger partial charge in [-0.25, -0.2) is 0 Å². The Morgan fingerprint density at radius 3 is 2.53 bits per heavy atom. The van der Waals surface area contributed by atoms with Crippen LogP contribution in [0.1, 0.15) is 0 Å². The highest BCUT2D eigenvalue weighted by atomic mass is 35.5. The zero-order chi connectivity index (χ0) is 12.4. The van der Waals surface area contributed by atoms with Crippen molar-refractivity contribution in [3.05, 3.63) is 23.2 Å². The minimum Gasteiger partial charge on any atom is -0.495 e. The van der Waals surface area contributed by atoms with E-state index in [1.807, 2.05) is 0 Å². The number of nitrogens with zero attached hydrogens (tertiary/aromatic N) is 1. The topological polar surface area (TPSA) is 58.6 Å². The number of carbonyl (C=O) groups excluding carboxylic acids is 2. The molecular formula is C11H11ClN2O3. The van der Waals surface area contributed by atoms with Gasteiger partial charge in [-0.1, -0.05) is 11.6 Å². The van der Waals surface area contributed by atoms with E-state index in [2.05, 4.69) is 5.32 Å². The summed E-state index contributed by atoms with van der Waals surface area (Å²) in [6.45, 7) is 0.227. The van der Waals surface area contributed by atoms with Gasteiger partial charge in [0, 0.05) is 5.02 Å². The molecule has 1 fully saturated rings. The maximum Gasteiger partial charge on any atom is 0.246 e. The number of amides is 2. The predicted octanol–water partition coefficient (Wildman–Crippen LogP) is 0.811. The lowest BCUT2D eigenvalue weighted by Gasteiger charge is -2.28. The molecule has 2 amide bonds. The maximum atomic E-state index is 11.3. The highest BCUT2D eigenvalue weighted by molar-refractivity contribution is 6.31. The average molecular weight is 255 g/mol. The van der Waals surface area contributed by atoms with Crippen molar-refractivity contribution in [2.75, 3.05) is 25.1 Å². The van der Waals surface area contributed by atoms with Crippen molar-refractivity contribution >= 4 is 29.1 Å². The molecule has 6 heteroatoms.